The van der Waals surface area contributed by atoms with E-state index in [1.165, 1.54) is 0 Å². The van der Waals surface area contributed by atoms with Crippen molar-refractivity contribution in [1.29, 1.82) is 5.26 Å². The van der Waals surface area contributed by atoms with Crippen LogP contribution in [-0.2, 0) is 13.0 Å². The molecule has 0 atom stereocenters. The summed E-state index contributed by atoms with van der Waals surface area (Å²) in [4.78, 5) is 9.07. The van der Waals surface area contributed by atoms with Gasteiger partial charge >= 0.3 is 0 Å². The summed E-state index contributed by atoms with van der Waals surface area (Å²) in [7, 11) is 0. The fourth-order valence-electron chi connectivity index (χ4n) is 2.81. The predicted molar refractivity (Wildman–Crippen MR) is 103 cm³/mol. The van der Waals surface area contributed by atoms with Gasteiger partial charge in [-0.15, -0.1) is 11.3 Å². The van der Waals surface area contributed by atoms with Crippen LogP contribution in [0.5, 0.6) is 0 Å². The minimum absolute atomic E-state index is 0.677. The fraction of sp³-hybridized carbons (Fsp3) is 0.0952. The van der Waals surface area contributed by atoms with Crippen LogP contribution in [-0.4, -0.2) is 14.5 Å². The molecule has 0 spiro atoms. The number of hydrogen-bond acceptors (Lipinski definition) is 4. The van der Waals surface area contributed by atoms with E-state index in [0.29, 0.717) is 5.56 Å². The highest BCUT2D eigenvalue weighted by molar-refractivity contribution is 7.10. The van der Waals surface area contributed by atoms with Gasteiger partial charge in [0.05, 0.1) is 28.7 Å². The average Bonchev–Trinajstić information content (AvgIpc) is 3.33. The molecule has 0 saturated carbocycles. The lowest BCUT2D eigenvalue weighted by Crippen LogP contribution is -2.04. The molecule has 4 nitrogen and oxygen atoms in total. The van der Waals surface area contributed by atoms with Crippen molar-refractivity contribution in [2.24, 2.45) is 0 Å². The molecule has 2 aromatic heterocycles. The van der Waals surface area contributed by atoms with Crippen molar-refractivity contribution in [2.75, 3.05) is 0 Å². The van der Waals surface area contributed by atoms with Crippen LogP contribution in [0.2, 0.25) is 0 Å². The van der Waals surface area contributed by atoms with Gasteiger partial charge in [-0.05, 0) is 17.7 Å². The third kappa shape index (κ3) is 3.56. The SMILES string of the molecule is N#Cc1ccc(Cn2cncc2Cc2nc(-c3ccccc3)cs2)cc1. The highest BCUT2D eigenvalue weighted by Crippen LogP contribution is 2.23. The van der Waals surface area contributed by atoms with Gasteiger partial charge in [-0.25, -0.2) is 9.97 Å². The Morgan fingerprint density at radius 2 is 1.85 bits per heavy atom. The smallest absolute Gasteiger partial charge is 0.0992 e. The quantitative estimate of drug-likeness (QED) is 0.528. The summed E-state index contributed by atoms with van der Waals surface area (Å²) in [6.07, 6.45) is 4.50. The van der Waals surface area contributed by atoms with Crippen LogP contribution in [0, 0.1) is 11.3 Å². The molecule has 5 heteroatoms. The maximum absolute atomic E-state index is 8.91. The number of nitrogens with zero attached hydrogens (tertiary/aromatic N) is 4. The zero-order valence-corrected chi connectivity index (χ0v) is 14.9. The van der Waals surface area contributed by atoms with Gasteiger partial charge in [0.1, 0.15) is 0 Å². The highest BCUT2D eigenvalue weighted by atomic mass is 32.1. The molecule has 0 saturated heterocycles. The molecular formula is C21H16N4S. The molecule has 26 heavy (non-hydrogen) atoms. The molecule has 0 aliphatic heterocycles. The van der Waals surface area contributed by atoms with E-state index in [0.717, 1.165) is 40.5 Å². The van der Waals surface area contributed by atoms with Gasteiger partial charge in [0.25, 0.3) is 0 Å². The second-order valence-corrected chi connectivity index (χ2v) is 6.93. The lowest BCUT2D eigenvalue weighted by atomic mass is 10.1. The van der Waals surface area contributed by atoms with E-state index < -0.39 is 0 Å². The Morgan fingerprint density at radius 1 is 1.04 bits per heavy atom. The summed E-state index contributed by atoms with van der Waals surface area (Å²) in [5.74, 6) is 0. The number of hydrogen-bond donors (Lipinski definition) is 0. The maximum Gasteiger partial charge on any atom is 0.0992 e. The lowest BCUT2D eigenvalue weighted by Gasteiger charge is -2.07. The normalized spacial score (nSPS) is 10.6. The summed E-state index contributed by atoms with van der Waals surface area (Å²) < 4.78 is 2.13. The van der Waals surface area contributed by atoms with E-state index in [2.05, 4.69) is 33.1 Å². The lowest BCUT2D eigenvalue weighted by molar-refractivity contribution is 0.752. The Balaban J connectivity index is 1.50. The average molecular weight is 356 g/mol. The van der Waals surface area contributed by atoms with Crippen LogP contribution in [0.3, 0.4) is 0 Å². The Bertz CT molecular complexity index is 1040. The van der Waals surface area contributed by atoms with Gasteiger partial charge in [0.2, 0.25) is 0 Å². The zero-order valence-electron chi connectivity index (χ0n) is 14.0. The summed E-state index contributed by atoms with van der Waals surface area (Å²) in [5.41, 5.74) is 5.11. The molecule has 2 aromatic carbocycles. The Labute approximate surface area is 156 Å². The van der Waals surface area contributed by atoms with Gasteiger partial charge < -0.3 is 4.57 Å². The van der Waals surface area contributed by atoms with E-state index in [1.54, 1.807) is 11.3 Å². The van der Waals surface area contributed by atoms with Crippen LogP contribution in [0.4, 0.5) is 0 Å². The molecule has 0 aliphatic rings. The van der Waals surface area contributed by atoms with E-state index in [-0.39, 0.29) is 0 Å². The third-order valence-corrected chi connectivity index (χ3v) is 5.04. The van der Waals surface area contributed by atoms with Crippen LogP contribution in [0.25, 0.3) is 11.3 Å². The summed E-state index contributed by atoms with van der Waals surface area (Å²) in [5, 5.41) is 12.1. The van der Waals surface area contributed by atoms with Crippen molar-refractivity contribution in [3.05, 3.63) is 94.3 Å². The topological polar surface area (TPSA) is 54.5 Å². The minimum Gasteiger partial charge on any atom is -0.330 e. The first kappa shape index (κ1) is 16.2. The van der Waals surface area contributed by atoms with Gasteiger partial charge in [-0.1, -0.05) is 42.5 Å². The number of benzene rings is 2. The van der Waals surface area contributed by atoms with Crippen molar-refractivity contribution in [1.82, 2.24) is 14.5 Å². The van der Waals surface area contributed by atoms with Crippen molar-refractivity contribution in [3.63, 3.8) is 0 Å². The van der Waals surface area contributed by atoms with Crippen molar-refractivity contribution >= 4 is 11.3 Å². The first-order chi connectivity index (χ1) is 12.8. The highest BCUT2D eigenvalue weighted by Gasteiger charge is 2.09. The van der Waals surface area contributed by atoms with Crippen molar-refractivity contribution in [2.45, 2.75) is 13.0 Å². The van der Waals surface area contributed by atoms with Gasteiger partial charge in [-0.2, -0.15) is 5.26 Å². The molecule has 126 valence electrons. The molecule has 4 aromatic rings. The van der Waals surface area contributed by atoms with Gasteiger partial charge in [0.15, 0.2) is 0 Å². The van der Waals surface area contributed by atoms with E-state index in [9.17, 15) is 0 Å². The molecule has 0 N–H and O–H groups in total. The number of rotatable bonds is 5. The second-order valence-electron chi connectivity index (χ2n) is 5.99. The largest absolute Gasteiger partial charge is 0.330 e. The molecule has 0 radical (unpaired) electrons. The predicted octanol–water partition coefficient (Wildman–Crippen LogP) is 4.52. The zero-order chi connectivity index (χ0) is 17.8. The number of aromatic nitrogens is 3. The van der Waals surface area contributed by atoms with E-state index in [1.807, 2.05) is 55.0 Å². The number of thiazole rings is 1. The van der Waals surface area contributed by atoms with E-state index >= 15 is 0 Å². The summed E-state index contributed by atoms with van der Waals surface area (Å²) in [6, 6.07) is 20.0. The van der Waals surface area contributed by atoms with Crippen molar-refractivity contribution < 1.29 is 0 Å². The van der Waals surface area contributed by atoms with Crippen LogP contribution in [0.1, 0.15) is 21.8 Å². The van der Waals surface area contributed by atoms with Crippen molar-refractivity contribution in [3.8, 4) is 17.3 Å². The maximum atomic E-state index is 8.91. The Morgan fingerprint density at radius 3 is 2.62 bits per heavy atom. The van der Waals surface area contributed by atoms with Crippen LogP contribution < -0.4 is 0 Å². The molecule has 0 aliphatic carbocycles. The third-order valence-electron chi connectivity index (χ3n) is 4.19. The standard InChI is InChI=1S/C21H16N4S/c22-11-16-6-8-17(9-7-16)13-25-15-23-12-19(25)10-21-24-20(14-26-21)18-4-2-1-3-5-18/h1-9,12,14-15H,10,13H2. The number of imidazole rings is 1. The molecule has 4 rings (SSSR count). The van der Waals surface area contributed by atoms with Gasteiger partial charge in [0, 0.05) is 35.8 Å². The molecule has 0 amide bonds. The number of nitriles is 1. The first-order valence-electron chi connectivity index (χ1n) is 8.30. The monoisotopic (exact) mass is 356 g/mol. The molecule has 0 bridgehead atoms. The Hall–Kier alpha value is -3.23. The minimum atomic E-state index is 0.677. The Kier molecular flexibility index (Phi) is 4.59. The molecular weight excluding hydrogens is 340 g/mol. The molecule has 0 unspecified atom stereocenters. The first-order valence-corrected chi connectivity index (χ1v) is 9.17. The molecule has 0 fully saturated rings. The fourth-order valence-corrected chi connectivity index (χ4v) is 3.63. The molecule has 2 heterocycles. The van der Waals surface area contributed by atoms with E-state index in [4.69, 9.17) is 10.2 Å². The second kappa shape index (κ2) is 7.34. The summed E-state index contributed by atoms with van der Waals surface area (Å²) in [6.45, 7) is 0.734. The van der Waals surface area contributed by atoms with Crippen LogP contribution >= 0.6 is 11.3 Å². The van der Waals surface area contributed by atoms with Crippen LogP contribution in [0.15, 0.2) is 72.5 Å². The summed E-state index contributed by atoms with van der Waals surface area (Å²) >= 11 is 1.67. The van der Waals surface area contributed by atoms with Gasteiger partial charge in [-0.3, -0.25) is 0 Å².